The number of amides is 1. The SMILES string of the molecule is Cc1cccc(-n2c(SC(C)C(=O)Nc3cc(C)no3)nc3cc(Cl)ccc3c2=O)c1. The summed E-state index contributed by atoms with van der Waals surface area (Å²) in [6, 6.07) is 14.2. The Labute approximate surface area is 187 Å². The number of aryl methyl sites for hydroxylation is 2. The summed E-state index contributed by atoms with van der Waals surface area (Å²) in [5.74, 6) is -0.0262. The molecule has 4 rings (SSSR count). The van der Waals surface area contributed by atoms with Gasteiger partial charge in [0.15, 0.2) is 5.16 Å². The molecule has 1 unspecified atom stereocenters. The molecule has 0 saturated heterocycles. The van der Waals surface area contributed by atoms with Crippen LogP contribution in [0.1, 0.15) is 18.2 Å². The Bertz CT molecular complexity index is 1350. The fraction of sp³-hybridized carbons (Fsp3) is 0.182. The third-order valence-electron chi connectivity index (χ3n) is 4.59. The van der Waals surface area contributed by atoms with Gasteiger partial charge in [0.2, 0.25) is 11.8 Å². The molecule has 2 aromatic heterocycles. The van der Waals surface area contributed by atoms with E-state index in [1.165, 1.54) is 16.3 Å². The number of fused-ring (bicyclic) bond motifs is 1. The van der Waals surface area contributed by atoms with Crippen LogP contribution in [0.2, 0.25) is 5.02 Å². The van der Waals surface area contributed by atoms with Crippen LogP contribution in [-0.2, 0) is 4.79 Å². The first kappa shape index (κ1) is 21.1. The lowest BCUT2D eigenvalue weighted by atomic mass is 10.2. The largest absolute Gasteiger partial charge is 0.338 e. The van der Waals surface area contributed by atoms with E-state index in [4.69, 9.17) is 16.1 Å². The Morgan fingerprint density at radius 3 is 2.71 bits per heavy atom. The van der Waals surface area contributed by atoms with E-state index in [0.29, 0.717) is 32.5 Å². The molecule has 0 fully saturated rings. The highest BCUT2D eigenvalue weighted by Gasteiger charge is 2.21. The summed E-state index contributed by atoms with van der Waals surface area (Å²) >= 11 is 7.29. The van der Waals surface area contributed by atoms with Gasteiger partial charge in [-0.25, -0.2) is 4.98 Å². The topological polar surface area (TPSA) is 90.0 Å². The lowest BCUT2D eigenvalue weighted by Gasteiger charge is -2.16. The Hall–Kier alpha value is -3.10. The number of rotatable bonds is 5. The fourth-order valence-electron chi connectivity index (χ4n) is 3.07. The van der Waals surface area contributed by atoms with Gasteiger partial charge in [-0.2, -0.15) is 0 Å². The van der Waals surface area contributed by atoms with Crippen molar-refractivity contribution in [3.63, 3.8) is 0 Å². The van der Waals surface area contributed by atoms with Crippen molar-refractivity contribution in [2.75, 3.05) is 5.32 Å². The summed E-state index contributed by atoms with van der Waals surface area (Å²) in [5.41, 5.74) is 2.59. The van der Waals surface area contributed by atoms with Gasteiger partial charge in [0.25, 0.3) is 5.56 Å². The maximum Gasteiger partial charge on any atom is 0.266 e. The fourth-order valence-corrected chi connectivity index (χ4v) is 4.16. The summed E-state index contributed by atoms with van der Waals surface area (Å²) in [6.07, 6.45) is 0. The van der Waals surface area contributed by atoms with Crippen LogP contribution in [0.5, 0.6) is 0 Å². The molecule has 9 heteroatoms. The molecule has 0 spiro atoms. The van der Waals surface area contributed by atoms with Crippen molar-refractivity contribution in [1.29, 1.82) is 0 Å². The van der Waals surface area contributed by atoms with Gasteiger partial charge >= 0.3 is 0 Å². The van der Waals surface area contributed by atoms with Crippen molar-refractivity contribution in [2.24, 2.45) is 0 Å². The lowest BCUT2D eigenvalue weighted by molar-refractivity contribution is -0.115. The zero-order chi connectivity index (χ0) is 22.1. The number of carbonyl (C=O) groups is 1. The Kier molecular flexibility index (Phi) is 5.84. The van der Waals surface area contributed by atoms with Crippen LogP contribution in [0.3, 0.4) is 0 Å². The lowest BCUT2D eigenvalue weighted by Crippen LogP contribution is -2.26. The van der Waals surface area contributed by atoms with Gasteiger partial charge in [-0.3, -0.25) is 19.5 Å². The van der Waals surface area contributed by atoms with Crippen LogP contribution in [0.15, 0.2) is 63.0 Å². The molecule has 31 heavy (non-hydrogen) atoms. The van der Waals surface area contributed by atoms with Crippen LogP contribution >= 0.6 is 23.4 Å². The van der Waals surface area contributed by atoms with Crippen LogP contribution in [0.4, 0.5) is 5.88 Å². The van der Waals surface area contributed by atoms with Crippen LogP contribution in [0.25, 0.3) is 16.6 Å². The molecular formula is C22H19ClN4O3S. The molecular weight excluding hydrogens is 436 g/mol. The number of hydrogen-bond acceptors (Lipinski definition) is 6. The highest BCUT2D eigenvalue weighted by atomic mass is 35.5. The summed E-state index contributed by atoms with van der Waals surface area (Å²) in [4.78, 5) is 30.7. The second-order valence-corrected chi connectivity index (χ2v) is 8.86. The number of nitrogens with zero attached hydrogens (tertiary/aromatic N) is 3. The number of carbonyl (C=O) groups excluding carboxylic acids is 1. The maximum absolute atomic E-state index is 13.4. The molecule has 0 saturated carbocycles. The average molecular weight is 455 g/mol. The number of aromatic nitrogens is 3. The molecule has 0 aliphatic carbocycles. The number of halogens is 1. The molecule has 1 N–H and O–H groups in total. The predicted octanol–water partition coefficient (Wildman–Crippen LogP) is 4.76. The normalized spacial score (nSPS) is 12.1. The first-order valence-corrected chi connectivity index (χ1v) is 10.8. The van der Waals surface area contributed by atoms with Crippen molar-refractivity contribution in [3.8, 4) is 5.69 Å². The van der Waals surface area contributed by atoms with Gasteiger partial charge in [-0.1, -0.05) is 40.7 Å². The van der Waals surface area contributed by atoms with Crippen molar-refractivity contribution in [2.45, 2.75) is 31.2 Å². The second kappa shape index (κ2) is 8.56. The monoisotopic (exact) mass is 454 g/mol. The molecule has 0 aliphatic rings. The van der Waals surface area contributed by atoms with Gasteiger partial charge in [-0.15, -0.1) is 0 Å². The smallest absolute Gasteiger partial charge is 0.266 e. The number of thioether (sulfide) groups is 1. The number of hydrogen-bond donors (Lipinski definition) is 1. The zero-order valence-corrected chi connectivity index (χ0v) is 18.6. The molecule has 158 valence electrons. The highest BCUT2D eigenvalue weighted by molar-refractivity contribution is 8.00. The standard InChI is InChI=1S/C22H19ClN4O3S/c1-12-5-4-6-16(9-12)27-21(29)17-8-7-15(23)11-18(17)24-22(27)31-14(3)20(28)25-19-10-13(2)26-30-19/h4-11,14H,1-3H3,(H,25,28). The average Bonchev–Trinajstić information content (AvgIpc) is 3.12. The van der Waals surface area contributed by atoms with Crippen LogP contribution in [-0.4, -0.2) is 25.9 Å². The number of benzene rings is 2. The van der Waals surface area contributed by atoms with Gasteiger partial charge in [-0.05, 0) is 56.7 Å². The minimum atomic E-state index is -0.565. The van der Waals surface area contributed by atoms with Crippen molar-refractivity contribution in [3.05, 3.63) is 75.2 Å². The molecule has 1 amide bonds. The van der Waals surface area contributed by atoms with Gasteiger partial charge in [0, 0.05) is 11.1 Å². The van der Waals surface area contributed by atoms with E-state index < -0.39 is 5.25 Å². The molecule has 0 aliphatic heterocycles. The zero-order valence-electron chi connectivity index (χ0n) is 17.0. The molecule has 2 aromatic carbocycles. The van der Waals surface area contributed by atoms with Crippen LogP contribution in [0, 0.1) is 13.8 Å². The first-order chi connectivity index (χ1) is 14.8. The summed E-state index contributed by atoms with van der Waals surface area (Å²) < 4.78 is 6.58. The van der Waals surface area contributed by atoms with Gasteiger partial charge < -0.3 is 4.52 Å². The minimum absolute atomic E-state index is 0.228. The highest BCUT2D eigenvalue weighted by Crippen LogP contribution is 2.27. The van der Waals surface area contributed by atoms with E-state index in [2.05, 4.69) is 15.5 Å². The third kappa shape index (κ3) is 4.50. The maximum atomic E-state index is 13.4. The quantitative estimate of drug-likeness (QED) is 0.345. The van der Waals surface area contributed by atoms with E-state index in [-0.39, 0.29) is 17.4 Å². The molecule has 0 radical (unpaired) electrons. The number of anilines is 1. The van der Waals surface area contributed by atoms with Crippen molar-refractivity contribution < 1.29 is 9.32 Å². The summed E-state index contributed by atoms with van der Waals surface area (Å²) in [7, 11) is 0. The molecule has 0 bridgehead atoms. The second-order valence-electron chi connectivity index (χ2n) is 7.12. The first-order valence-electron chi connectivity index (χ1n) is 9.52. The van der Waals surface area contributed by atoms with E-state index in [1.54, 1.807) is 38.1 Å². The van der Waals surface area contributed by atoms with Crippen molar-refractivity contribution in [1.82, 2.24) is 14.7 Å². The Morgan fingerprint density at radius 2 is 2.00 bits per heavy atom. The van der Waals surface area contributed by atoms with Crippen molar-refractivity contribution >= 4 is 46.1 Å². The van der Waals surface area contributed by atoms with E-state index in [1.807, 2.05) is 31.2 Å². The molecule has 1 atom stereocenters. The van der Waals surface area contributed by atoms with Gasteiger partial charge in [0.1, 0.15) is 0 Å². The minimum Gasteiger partial charge on any atom is -0.338 e. The van der Waals surface area contributed by atoms with Crippen LogP contribution < -0.4 is 10.9 Å². The van der Waals surface area contributed by atoms with E-state index in [0.717, 1.165) is 5.56 Å². The third-order valence-corrected chi connectivity index (χ3v) is 5.87. The van der Waals surface area contributed by atoms with Gasteiger partial charge in [0.05, 0.1) is 27.5 Å². The number of nitrogens with one attached hydrogen (secondary N) is 1. The molecule has 4 aromatic rings. The Balaban J connectivity index is 1.77. The summed E-state index contributed by atoms with van der Waals surface area (Å²) in [6.45, 7) is 5.45. The summed E-state index contributed by atoms with van der Waals surface area (Å²) in [5, 5.41) is 7.20. The predicted molar refractivity (Wildman–Crippen MR) is 122 cm³/mol. The Morgan fingerprint density at radius 1 is 1.19 bits per heavy atom. The van der Waals surface area contributed by atoms with E-state index >= 15 is 0 Å². The molecule has 7 nitrogen and oxygen atoms in total. The molecule has 2 heterocycles. The van der Waals surface area contributed by atoms with E-state index in [9.17, 15) is 9.59 Å².